The van der Waals surface area contributed by atoms with Gasteiger partial charge in [-0.2, -0.15) is 18.5 Å². The highest BCUT2D eigenvalue weighted by atomic mass is 35.5. The maximum atomic E-state index is 13.2. The number of nitrogens with two attached hydrogens (primary N) is 2. The number of nitrogens with zero attached hydrogens (tertiary/aromatic N) is 4. The average Bonchev–Trinajstić information content (AvgIpc) is 3.38. The second kappa shape index (κ2) is 9.32. The number of aromatic carboxylic acids is 1. The Kier molecular flexibility index (Phi) is 6.39. The van der Waals surface area contributed by atoms with Gasteiger partial charge in [0.25, 0.3) is 15.9 Å². The summed E-state index contributed by atoms with van der Waals surface area (Å²) in [5.41, 5.74) is 12.5. The molecule has 3 aromatic rings. The van der Waals surface area contributed by atoms with Crippen LogP contribution in [0.2, 0.25) is 5.02 Å². The van der Waals surface area contributed by atoms with Crippen LogP contribution in [0.5, 0.6) is 0 Å². The lowest BCUT2D eigenvalue weighted by Gasteiger charge is -2.13. The number of hydrogen-bond donors (Lipinski definition) is 3. The molecule has 1 aromatic heterocycles. The van der Waals surface area contributed by atoms with Crippen molar-refractivity contribution in [3.63, 3.8) is 0 Å². The van der Waals surface area contributed by atoms with E-state index in [4.69, 9.17) is 23.1 Å². The van der Waals surface area contributed by atoms with E-state index in [-0.39, 0.29) is 21.2 Å². The number of carbonyl (C=O) groups excluding carboxylic acids is 1. The van der Waals surface area contributed by atoms with Crippen LogP contribution in [-0.4, -0.2) is 41.6 Å². The van der Waals surface area contributed by atoms with Crippen LogP contribution in [-0.2, 0) is 14.8 Å². The molecule has 36 heavy (non-hydrogen) atoms. The highest BCUT2D eigenvalue weighted by Gasteiger charge is 2.30. The monoisotopic (exact) mass is 526 g/mol. The number of rotatable bonds is 6. The summed E-state index contributed by atoms with van der Waals surface area (Å²) in [5, 5.41) is 14.8. The number of halogens is 1. The molecular weight excluding hydrogens is 508 g/mol. The molecule has 0 saturated carbocycles. The molecule has 1 aliphatic heterocycles. The summed E-state index contributed by atoms with van der Waals surface area (Å²) in [6.07, 6.45) is 3.38. The number of anilines is 1. The van der Waals surface area contributed by atoms with E-state index in [0.29, 0.717) is 22.7 Å². The highest BCUT2D eigenvalue weighted by molar-refractivity contribution is 7.90. The van der Waals surface area contributed by atoms with Gasteiger partial charge in [-0.15, -0.1) is 4.40 Å². The number of aromatic nitrogens is 1. The Morgan fingerprint density at radius 3 is 2.42 bits per heavy atom. The van der Waals surface area contributed by atoms with E-state index in [1.165, 1.54) is 30.3 Å². The van der Waals surface area contributed by atoms with E-state index in [0.717, 1.165) is 5.01 Å². The zero-order valence-electron chi connectivity index (χ0n) is 18.7. The fraction of sp³-hybridized carbons (Fsp3) is 0.0435. The van der Waals surface area contributed by atoms with Gasteiger partial charge in [-0.25, -0.2) is 4.79 Å². The van der Waals surface area contributed by atoms with Crippen molar-refractivity contribution < 1.29 is 23.1 Å². The quantitative estimate of drug-likeness (QED) is 0.251. The Balaban J connectivity index is 1.65. The molecule has 0 radical (unpaired) electrons. The smallest absolute Gasteiger partial charge is 0.337 e. The summed E-state index contributed by atoms with van der Waals surface area (Å²) in [4.78, 5) is 24.5. The molecule has 0 fully saturated rings. The number of guanidine groups is 1. The van der Waals surface area contributed by atoms with Gasteiger partial charge < -0.3 is 21.1 Å². The van der Waals surface area contributed by atoms with Crippen molar-refractivity contribution in [3.8, 4) is 5.69 Å². The van der Waals surface area contributed by atoms with Gasteiger partial charge in [0.1, 0.15) is 0 Å². The van der Waals surface area contributed by atoms with Crippen molar-refractivity contribution in [1.29, 1.82) is 0 Å². The molecule has 184 valence electrons. The minimum atomic E-state index is -4.03. The molecule has 0 bridgehead atoms. The minimum Gasteiger partial charge on any atom is -0.478 e. The largest absolute Gasteiger partial charge is 0.478 e. The van der Waals surface area contributed by atoms with Crippen molar-refractivity contribution in [2.24, 2.45) is 21.0 Å². The summed E-state index contributed by atoms with van der Waals surface area (Å²) in [6, 6.07) is 13.6. The Morgan fingerprint density at radius 1 is 1.11 bits per heavy atom. The molecular formula is C23H19ClN6O5S. The van der Waals surface area contributed by atoms with Crippen LogP contribution in [0, 0.1) is 0 Å². The minimum absolute atomic E-state index is 0.0457. The van der Waals surface area contributed by atoms with Crippen LogP contribution >= 0.6 is 11.6 Å². The lowest BCUT2D eigenvalue weighted by atomic mass is 10.1. The maximum Gasteiger partial charge on any atom is 0.337 e. The molecule has 0 spiro atoms. The van der Waals surface area contributed by atoms with E-state index in [9.17, 15) is 23.1 Å². The second-order valence-electron chi connectivity index (χ2n) is 7.62. The number of benzene rings is 2. The van der Waals surface area contributed by atoms with Gasteiger partial charge in [0.2, 0.25) is 5.96 Å². The number of amides is 1. The first-order valence-electron chi connectivity index (χ1n) is 10.3. The number of carboxylic acids is 1. The van der Waals surface area contributed by atoms with E-state index in [1.54, 1.807) is 48.0 Å². The van der Waals surface area contributed by atoms with E-state index in [1.807, 2.05) is 0 Å². The summed E-state index contributed by atoms with van der Waals surface area (Å²) in [6.45, 7) is 1.66. The Morgan fingerprint density at radius 2 is 1.78 bits per heavy atom. The standard InChI is InChI=1S/C23H19ClN6O5S/c1-13-18(21(31)30(27-13)16-6-9-20(24)19(12-16)22(32)33)11-15-3-2-10-29(15)14-4-7-17(8-5-14)36(34,35)28-23(25)26/h2-12H,1H3,(H,32,33)(H4,25,26,28)/b18-11-. The second-order valence-corrected chi connectivity index (χ2v) is 9.63. The molecule has 0 atom stereocenters. The first kappa shape index (κ1) is 24.7. The van der Waals surface area contributed by atoms with Crippen molar-refractivity contribution in [2.45, 2.75) is 11.8 Å². The van der Waals surface area contributed by atoms with Crippen molar-refractivity contribution in [1.82, 2.24) is 4.57 Å². The van der Waals surface area contributed by atoms with E-state index >= 15 is 0 Å². The molecule has 2 aromatic carbocycles. The summed E-state index contributed by atoms with van der Waals surface area (Å²) < 4.78 is 29.4. The highest BCUT2D eigenvalue weighted by Crippen LogP contribution is 2.29. The summed E-state index contributed by atoms with van der Waals surface area (Å²) >= 11 is 5.93. The van der Waals surface area contributed by atoms with E-state index < -0.39 is 27.9 Å². The number of carbonyl (C=O) groups is 2. The van der Waals surface area contributed by atoms with Crippen LogP contribution in [0.3, 0.4) is 0 Å². The lowest BCUT2D eigenvalue weighted by Crippen LogP contribution is -2.24. The topological polar surface area (TPSA) is 173 Å². The maximum absolute atomic E-state index is 13.2. The predicted octanol–water partition coefficient (Wildman–Crippen LogP) is 2.60. The van der Waals surface area contributed by atoms with Crippen molar-refractivity contribution >= 4 is 56.9 Å². The van der Waals surface area contributed by atoms with Crippen LogP contribution in [0.25, 0.3) is 11.8 Å². The summed E-state index contributed by atoms with van der Waals surface area (Å²) in [5.74, 6) is -2.24. The first-order valence-corrected chi connectivity index (χ1v) is 12.1. The van der Waals surface area contributed by atoms with Gasteiger partial charge in [0, 0.05) is 17.6 Å². The third-order valence-corrected chi connectivity index (χ3v) is 6.85. The molecule has 2 heterocycles. The predicted molar refractivity (Wildman–Crippen MR) is 136 cm³/mol. The lowest BCUT2D eigenvalue weighted by molar-refractivity contribution is -0.114. The van der Waals surface area contributed by atoms with Gasteiger partial charge in [0.15, 0.2) is 0 Å². The van der Waals surface area contributed by atoms with Gasteiger partial charge in [-0.05, 0) is 67.6 Å². The number of hydrogen-bond acceptors (Lipinski definition) is 5. The van der Waals surface area contributed by atoms with Crippen molar-refractivity contribution in [2.75, 3.05) is 5.01 Å². The van der Waals surface area contributed by atoms with Crippen molar-refractivity contribution in [3.05, 3.63) is 82.6 Å². The molecule has 11 nitrogen and oxygen atoms in total. The molecule has 1 aliphatic rings. The average molecular weight is 527 g/mol. The van der Waals surface area contributed by atoms with Crippen LogP contribution < -0.4 is 16.5 Å². The molecule has 5 N–H and O–H groups in total. The zero-order chi connectivity index (χ0) is 26.2. The van der Waals surface area contributed by atoms with Gasteiger partial charge in [-0.3, -0.25) is 4.79 Å². The number of sulfonamides is 1. The molecule has 4 rings (SSSR count). The Bertz CT molecular complexity index is 1590. The van der Waals surface area contributed by atoms with Crippen LogP contribution in [0.1, 0.15) is 23.0 Å². The molecule has 13 heteroatoms. The number of hydrazone groups is 1. The molecule has 0 unspecified atom stereocenters. The third kappa shape index (κ3) is 4.72. The van der Waals surface area contributed by atoms with Gasteiger partial charge in [0.05, 0.1) is 32.5 Å². The molecule has 0 aliphatic carbocycles. The molecule has 1 amide bonds. The zero-order valence-corrected chi connectivity index (χ0v) is 20.2. The summed E-state index contributed by atoms with van der Waals surface area (Å²) in [7, 11) is -4.03. The fourth-order valence-electron chi connectivity index (χ4n) is 3.53. The normalized spacial score (nSPS) is 14.7. The van der Waals surface area contributed by atoms with Crippen LogP contribution in [0.15, 0.2) is 80.8 Å². The number of carboxylic acid groups (broad SMARTS) is 1. The van der Waals surface area contributed by atoms with E-state index in [2.05, 4.69) is 9.50 Å². The first-order chi connectivity index (χ1) is 17.0. The third-order valence-electron chi connectivity index (χ3n) is 5.20. The Labute approximate surface area is 210 Å². The van der Waals surface area contributed by atoms with Crippen LogP contribution in [0.4, 0.5) is 5.69 Å². The SMILES string of the molecule is CC1=NN(c2ccc(Cl)c(C(=O)O)c2)C(=O)/C1=C\c1cccn1-c1ccc(S(=O)(=O)N=C(N)N)cc1. The molecule has 0 saturated heterocycles. The fourth-order valence-corrected chi connectivity index (χ4v) is 4.59. The Hall–Kier alpha value is -4.42. The van der Waals surface area contributed by atoms with Gasteiger partial charge in [-0.1, -0.05) is 11.6 Å². The van der Waals surface area contributed by atoms with Gasteiger partial charge >= 0.3 is 5.97 Å².